The fraction of sp³-hybridized carbons (Fsp3) is 0.227. The Labute approximate surface area is 169 Å². The van der Waals surface area contributed by atoms with Gasteiger partial charge in [-0.1, -0.05) is 49.2 Å². The highest BCUT2D eigenvalue weighted by atomic mass is 35.5. The van der Waals surface area contributed by atoms with E-state index in [9.17, 15) is 14.9 Å². The molecule has 6 heteroatoms. The second kappa shape index (κ2) is 8.28. The Hall–Kier alpha value is -3.10. The summed E-state index contributed by atoms with van der Waals surface area (Å²) in [5.74, 6) is -0.937. The SMILES string of the molecule is CCCCN1C(=O)C(=C(C#N)C(=O)Nc2cccc(Cl)c2C)c2ccccc21. The van der Waals surface area contributed by atoms with Gasteiger partial charge in [-0.15, -0.1) is 0 Å². The number of anilines is 2. The van der Waals surface area contributed by atoms with Crippen molar-refractivity contribution in [3.8, 4) is 6.07 Å². The van der Waals surface area contributed by atoms with E-state index in [1.165, 1.54) is 0 Å². The van der Waals surface area contributed by atoms with Crippen LogP contribution < -0.4 is 10.2 Å². The standard InChI is InChI=1S/C22H20ClN3O2/c1-3-4-12-26-19-11-6-5-8-15(19)20(22(26)28)16(13-24)21(27)25-18-10-7-9-17(23)14(18)2/h5-11H,3-4,12H2,1-2H3,(H,25,27). The van der Waals surface area contributed by atoms with Crippen LogP contribution in [0, 0.1) is 18.3 Å². The van der Waals surface area contributed by atoms with Gasteiger partial charge in [0.2, 0.25) is 0 Å². The predicted octanol–water partition coefficient (Wildman–Crippen LogP) is 4.71. The maximum Gasteiger partial charge on any atom is 0.267 e. The Morgan fingerprint density at radius 2 is 1.96 bits per heavy atom. The van der Waals surface area contributed by atoms with Gasteiger partial charge in [-0.05, 0) is 37.1 Å². The minimum Gasteiger partial charge on any atom is -0.321 e. The van der Waals surface area contributed by atoms with E-state index in [0.717, 1.165) is 18.5 Å². The number of benzene rings is 2. The number of rotatable bonds is 5. The zero-order valence-electron chi connectivity index (χ0n) is 15.8. The fourth-order valence-corrected chi connectivity index (χ4v) is 3.38. The number of fused-ring (bicyclic) bond motifs is 1. The number of carbonyl (C=O) groups excluding carboxylic acids is 2. The summed E-state index contributed by atoms with van der Waals surface area (Å²) in [6, 6.07) is 14.3. The molecule has 2 amide bonds. The van der Waals surface area contributed by atoms with E-state index in [2.05, 4.69) is 5.32 Å². The number of halogens is 1. The third-order valence-electron chi connectivity index (χ3n) is 4.76. The van der Waals surface area contributed by atoms with Gasteiger partial charge in [-0.2, -0.15) is 5.26 Å². The van der Waals surface area contributed by atoms with Gasteiger partial charge < -0.3 is 10.2 Å². The van der Waals surface area contributed by atoms with Crippen LogP contribution >= 0.6 is 11.6 Å². The van der Waals surface area contributed by atoms with E-state index in [0.29, 0.717) is 28.4 Å². The molecule has 0 bridgehead atoms. The Morgan fingerprint density at radius 1 is 1.21 bits per heavy atom. The molecule has 0 saturated heterocycles. The number of nitrogens with one attached hydrogen (secondary N) is 1. The van der Waals surface area contributed by atoms with Gasteiger partial charge >= 0.3 is 0 Å². The van der Waals surface area contributed by atoms with Gasteiger partial charge in [-0.3, -0.25) is 9.59 Å². The van der Waals surface area contributed by atoms with Crippen molar-refractivity contribution in [1.29, 1.82) is 5.26 Å². The van der Waals surface area contributed by atoms with Crippen LogP contribution in [0.1, 0.15) is 30.9 Å². The van der Waals surface area contributed by atoms with Crippen molar-refractivity contribution >= 4 is 40.4 Å². The van der Waals surface area contributed by atoms with Crippen LogP contribution in [0.2, 0.25) is 5.02 Å². The predicted molar refractivity (Wildman–Crippen MR) is 111 cm³/mol. The van der Waals surface area contributed by atoms with Crippen LogP contribution in [0.3, 0.4) is 0 Å². The third kappa shape index (κ3) is 3.51. The second-order valence-electron chi connectivity index (χ2n) is 6.56. The molecular weight excluding hydrogens is 374 g/mol. The summed E-state index contributed by atoms with van der Waals surface area (Å²) >= 11 is 6.11. The van der Waals surface area contributed by atoms with Crippen LogP contribution in [0.5, 0.6) is 0 Å². The molecule has 0 radical (unpaired) electrons. The quantitative estimate of drug-likeness (QED) is 0.590. The highest BCUT2D eigenvalue weighted by Crippen LogP contribution is 2.38. The van der Waals surface area contributed by atoms with Crippen LogP contribution in [0.15, 0.2) is 48.0 Å². The fourth-order valence-electron chi connectivity index (χ4n) is 3.21. The minimum absolute atomic E-state index is 0.145. The Bertz CT molecular complexity index is 1020. The first kappa shape index (κ1) is 19.7. The molecule has 0 spiro atoms. The van der Waals surface area contributed by atoms with Crippen LogP contribution in [-0.4, -0.2) is 18.4 Å². The van der Waals surface area contributed by atoms with Crippen molar-refractivity contribution in [3.05, 3.63) is 64.2 Å². The van der Waals surface area contributed by atoms with Gasteiger partial charge in [0.25, 0.3) is 11.8 Å². The third-order valence-corrected chi connectivity index (χ3v) is 5.17. The number of amides is 2. The first-order valence-electron chi connectivity index (χ1n) is 9.11. The zero-order valence-corrected chi connectivity index (χ0v) is 16.5. The first-order chi connectivity index (χ1) is 13.5. The first-order valence-corrected chi connectivity index (χ1v) is 9.49. The molecule has 0 fully saturated rings. The Kier molecular flexibility index (Phi) is 5.81. The van der Waals surface area contributed by atoms with E-state index in [-0.39, 0.29) is 17.1 Å². The van der Waals surface area contributed by atoms with Crippen LogP contribution in [0.25, 0.3) is 5.57 Å². The van der Waals surface area contributed by atoms with Crippen molar-refractivity contribution < 1.29 is 9.59 Å². The maximum absolute atomic E-state index is 13.1. The van der Waals surface area contributed by atoms with Gasteiger partial charge in [0.15, 0.2) is 0 Å². The number of carbonyl (C=O) groups is 2. The monoisotopic (exact) mass is 393 g/mol. The number of nitrogens with zero attached hydrogens (tertiary/aromatic N) is 2. The van der Waals surface area contributed by atoms with Crippen molar-refractivity contribution in [2.45, 2.75) is 26.7 Å². The molecule has 0 aromatic heterocycles. The molecule has 1 heterocycles. The number of hydrogen-bond acceptors (Lipinski definition) is 3. The Balaban J connectivity index is 2.04. The highest BCUT2D eigenvalue weighted by Gasteiger charge is 2.36. The molecule has 2 aromatic rings. The van der Waals surface area contributed by atoms with Crippen molar-refractivity contribution in [1.82, 2.24) is 0 Å². The zero-order chi connectivity index (χ0) is 20.3. The molecule has 0 aliphatic carbocycles. The largest absolute Gasteiger partial charge is 0.321 e. The smallest absolute Gasteiger partial charge is 0.267 e. The molecule has 0 saturated carbocycles. The summed E-state index contributed by atoms with van der Waals surface area (Å²) in [6.45, 7) is 4.37. The van der Waals surface area contributed by atoms with E-state index in [1.54, 1.807) is 42.2 Å². The van der Waals surface area contributed by atoms with E-state index in [4.69, 9.17) is 11.6 Å². The minimum atomic E-state index is -0.622. The van der Waals surface area contributed by atoms with E-state index < -0.39 is 5.91 Å². The lowest BCUT2D eigenvalue weighted by Crippen LogP contribution is -2.28. The van der Waals surface area contributed by atoms with Crippen LogP contribution in [-0.2, 0) is 9.59 Å². The summed E-state index contributed by atoms with van der Waals surface area (Å²) in [6.07, 6.45) is 1.77. The topological polar surface area (TPSA) is 73.2 Å². The lowest BCUT2D eigenvalue weighted by Gasteiger charge is -2.16. The average Bonchev–Trinajstić information content (AvgIpc) is 2.96. The molecule has 28 heavy (non-hydrogen) atoms. The van der Waals surface area contributed by atoms with E-state index >= 15 is 0 Å². The molecular formula is C22H20ClN3O2. The summed E-state index contributed by atoms with van der Waals surface area (Å²) < 4.78 is 0. The van der Waals surface area contributed by atoms with Crippen molar-refractivity contribution in [2.75, 3.05) is 16.8 Å². The number of unbranched alkanes of at least 4 members (excludes halogenated alkanes) is 1. The summed E-state index contributed by atoms with van der Waals surface area (Å²) in [4.78, 5) is 27.6. The molecule has 0 unspecified atom stereocenters. The lowest BCUT2D eigenvalue weighted by atomic mass is 10.0. The average molecular weight is 394 g/mol. The lowest BCUT2D eigenvalue weighted by molar-refractivity contribution is -0.114. The van der Waals surface area contributed by atoms with Gasteiger partial charge in [0.1, 0.15) is 11.6 Å². The van der Waals surface area contributed by atoms with Crippen molar-refractivity contribution in [2.24, 2.45) is 0 Å². The molecule has 1 aliphatic heterocycles. The molecule has 3 rings (SSSR count). The molecule has 1 N–H and O–H groups in total. The summed E-state index contributed by atoms with van der Waals surface area (Å²) in [5, 5.41) is 12.9. The molecule has 5 nitrogen and oxygen atoms in total. The Morgan fingerprint density at radius 3 is 2.68 bits per heavy atom. The maximum atomic E-state index is 13.1. The molecule has 1 aliphatic rings. The van der Waals surface area contributed by atoms with E-state index in [1.807, 2.05) is 25.1 Å². The highest BCUT2D eigenvalue weighted by molar-refractivity contribution is 6.38. The normalized spacial score (nSPS) is 14.5. The number of para-hydroxylation sites is 1. The summed E-state index contributed by atoms with van der Waals surface area (Å²) in [5.41, 5.74) is 2.49. The summed E-state index contributed by atoms with van der Waals surface area (Å²) in [7, 11) is 0. The van der Waals surface area contributed by atoms with Crippen LogP contribution in [0.4, 0.5) is 11.4 Å². The van der Waals surface area contributed by atoms with Crippen molar-refractivity contribution in [3.63, 3.8) is 0 Å². The second-order valence-corrected chi connectivity index (χ2v) is 6.96. The van der Waals surface area contributed by atoms with Gasteiger partial charge in [0, 0.05) is 22.8 Å². The number of nitriles is 1. The van der Waals surface area contributed by atoms with Gasteiger partial charge in [-0.25, -0.2) is 0 Å². The molecule has 142 valence electrons. The molecule has 0 atom stereocenters. The van der Waals surface area contributed by atoms with Gasteiger partial charge in [0.05, 0.1) is 11.3 Å². The molecule has 2 aromatic carbocycles. The number of hydrogen-bond donors (Lipinski definition) is 1.